The minimum atomic E-state index is 0.120. The third-order valence-electron chi connectivity index (χ3n) is 3.17. The predicted molar refractivity (Wildman–Crippen MR) is 75.2 cm³/mol. The molecule has 0 saturated heterocycles. The van der Waals surface area contributed by atoms with E-state index in [0.29, 0.717) is 6.54 Å². The highest BCUT2D eigenvalue weighted by molar-refractivity contribution is 5.75. The van der Waals surface area contributed by atoms with Crippen LogP contribution in [0, 0.1) is 12.3 Å². The lowest BCUT2D eigenvalue weighted by Crippen LogP contribution is -2.27. The summed E-state index contributed by atoms with van der Waals surface area (Å²) in [5.74, 6) is 3.79. The Balaban J connectivity index is 2.25. The van der Waals surface area contributed by atoms with Crippen LogP contribution in [0.15, 0.2) is 24.3 Å². The van der Waals surface area contributed by atoms with Gasteiger partial charge in [0, 0.05) is 6.54 Å². The third kappa shape index (κ3) is 2.39. The quantitative estimate of drug-likeness (QED) is 0.815. The molecule has 1 N–H and O–H groups in total. The first-order chi connectivity index (χ1) is 8.80. The molecular weight excluding hydrogens is 222 g/mol. The van der Waals surface area contributed by atoms with Crippen LogP contribution in [-0.4, -0.2) is 15.6 Å². The van der Waals surface area contributed by atoms with Crippen molar-refractivity contribution in [3.63, 3.8) is 0 Å². The van der Waals surface area contributed by atoms with Gasteiger partial charge in [0.1, 0.15) is 5.82 Å². The highest BCUT2D eigenvalue weighted by Gasteiger charge is 2.09. The van der Waals surface area contributed by atoms with Crippen LogP contribution in [-0.2, 0) is 13.1 Å². The van der Waals surface area contributed by atoms with Gasteiger partial charge in [-0.1, -0.05) is 25.0 Å². The molecule has 1 aromatic heterocycles. The minimum absolute atomic E-state index is 0.120. The summed E-state index contributed by atoms with van der Waals surface area (Å²) in [6.07, 6.45) is 6.39. The van der Waals surface area contributed by atoms with Crippen molar-refractivity contribution in [1.82, 2.24) is 14.9 Å². The molecule has 1 atom stereocenters. The average molecular weight is 241 g/mol. The Morgan fingerprint density at radius 2 is 2.17 bits per heavy atom. The van der Waals surface area contributed by atoms with Crippen molar-refractivity contribution < 1.29 is 0 Å². The van der Waals surface area contributed by atoms with Crippen LogP contribution < -0.4 is 5.32 Å². The Morgan fingerprint density at radius 1 is 1.39 bits per heavy atom. The van der Waals surface area contributed by atoms with Crippen molar-refractivity contribution in [3.05, 3.63) is 30.1 Å². The van der Waals surface area contributed by atoms with Gasteiger partial charge in [-0.3, -0.25) is 5.32 Å². The van der Waals surface area contributed by atoms with Crippen LogP contribution in [0.3, 0.4) is 0 Å². The molecule has 2 aromatic rings. The molecule has 1 aromatic carbocycles. The molecule has 0 fully saturated rings. The van der Waals surface area contributed by atoms with E-state index in [1.807, 2.05) is 18.2 Å². The van der Waals surface area contributed by atoms with E-state index >= 15 is 0 Å². The Labute approximate surface area is 108 Å². The van der Waals surface area contributed by atoms with Crippen molar-refractivity contribution >= 4 is 11.0 Å². The lowest BCUT2D eigenvalue weighted by Gasteiger charge is -2.11. The number of aryl methyl sites for hydroxylation is 1. The number of nitrogens with zero attached hydrogens (tertiary/aromatic N) is 2. The maximum atomic E-state index is 5.45. The van der Waals surface area contributed by atoms with Gasteiger partial charge in [0.15, 0.2) is 0 Å². The van der Waals surface area contributed by atoms with Crippen LogP contribution in [0.4, 0.5) is 0 Å². The van der Waals surface area contributed by atoms with Gasteiger partial charge in [-0.05, 0) is 25.5 Å². The first-order valence-corrected chi connectivity index (χ1v) is 6.43. The molecule has 0 bridgehead atoms. The fraction of sp³-hybridized carbons (Fsp3) is 0.400. The third-order valence-corrected chi connectivity index (χ3v) is 3.17. The number of para-hydroxylation sites is 2. The lowest BCUT2D eigenvalue weighted by atomic mass is 10.2. The Hall–Kier alpha value is -1.79. The summed E-state index contributed by atoms with van der Waals surface area (Å²) in [5.41, 5.74) is 2.23. The van der Waals surface area contributed by atoms with Gasteiger partial charge in [0.05, 0.1) is 23.6 Å². The largest absolute Gasteiger partial charge is 0.327 e. The molecule has 0 aliphatic heterocycles. The molecule has 1 heterocycles. The highest BCUT2D eigenvalue weighted by atomic mass is 15.1. The molecule has 0 saturated carbocycles. The first-order valence-electron chi connectivity index (χ1n) is 6.43. The number of rotatable bonds is 5. The van der Waals surface area contributed by atoms with E-state index in [4.69, 9.17) is 6.42 Å². The van der Waals surface area contributed by atoms with Crippen LogP contribution in [0.25, 0.3) is 11.0 Å². The van der Waals surface area contributed by atoms with Gasteiger partial charge < -0.3 is 4.57 Å². The maximum Gasteiger partial charge on any atom is 0.123 e. The standard InChI is InChI=1S/C15H19N3/c1-4-12(5-2)16-11-15-17-13-9-7-8-10-14(13)18(15)6-3/h1,7-10,12,16H,5-6,11H2,2-3H3. The topological polar surface area (TPSA) is 29.9 Å². The van der Waals surface area contributed by atoms with Crippen LogP contribution in [0.1, 0.15) is 26.1 Å². The normalized spacial score (nSPS) is 12.5. The molecule has 0 aliphatic carbocycles. The summed E-state index contributed by atoms with van der Waals surface area (Å²) in [5, 5.41) is 3.35. The van der Waals surface area contributed by atoms with Gasteiger partial charge >= 0.3 is 0 Å². The zero-order chi connectivity index (χ0) is 13.0. The number of hydrogen-bond donors (Lipinski definition) is 1. The average Bonchev–Trinajstić information content (AvgIpc) is 2.77. The molecule has 0 amide bonds. The van der Waals surface area contributed by atoms with Gasteiger partial charge in [-0.15, -0.1) is 6.42 Å². The summed E-state index contributed by atoms with van der Waals surface area (Å²) in [6, 6.07) is 8.33. The minimum Gasteiger partial charge on any atom is -0.327 e. The Bertz CT molecular complexity index is 563. The number of benzene rings is 1. The molecule has 1 unspecified atom stereocenters. The number of hydrogen-bond acceptors (Lipinski definition) is 2. The van der Waals surface area contributed by atoms with E-state index in [1.54, 1.807) is 0 Å². The van der Waals surface area contributed by atoms with Crippen molar-refractivity contribution in [3.8, 4) is 12.3 Å². The fourth-order valence-corrected chi connectivity index (χ4v) is 2.15. The molecule has 3 heteroatoms. The van der Waals surface area contributed by atoms with E-state index in [1.165, 1.54) is 5.52 Å². The zero-order valence-electron chi connectivity index (χ0n) is 11.0. The molecule has 2 rings (SSSR count). The Kier molecular flexibility index (Phi) is 4.01. The van der Waals surface area contributed by atoms with E-state index in [2.05, 4.69) is 40.7 Å². The summed E-state index contributed by atoms with van der Waals surface area (Å²) in [6.45, 7) is 5.85. The van der Waals surface area contributed by atoms with Crippen molar-refractivity contribution in [2.45, 2.75) is 39.4 Å². The fourth-order valence-electron chi connectivity index (χ4n) is 2.15. The second-order valence-electron chi connectivity index (χ2n) is 4.27. The molecule has 0 spiro atoms. The summed E-state index contributed by atoms with van der Waals surface area (Å²) in [7, 11) is 0. The maximum absolute atomic E-state index is 5.45. The second-order valence-corrected chi connectivity index (χ2v) is 4.27. The smallest absolute Gasteiger partial charge is 0.123 e. The number of terminal acetylenes is 1. The van der Waals surface area contributed by atoms with Gasteiger partial charge in [0.25, 0.3) is 0 Å². The second kappa shape index (κ2) is 5.70. The van der Waals surface area contributed by atoms with E-state index in [0.717, 1.165) is 24.3 Å². The SMILES string of the molecule is C#CC(CC)NCc1nc2ccccc2n1CC. The Morgan fingerprint density at radius 3 is 2.83 bits per heavy atom. The van der Waals surface area contributed by atoms with Crippen molar-refractivity contribution in [2.24, 2.45) is 0 Å². The van der Waals surface area contributed by atoms with E-state index in [-0.39, 0.29) is 6.04 Å². The number of aromatic nitrogens is 2. The number of fused-ring (bicyclic) bond motifs is 1. The number of nitrogens with one attached hydrogen (secondary N) is 1. The van der Waals surface area contributed by atoms with Crippen molar-refractivity contribution in [2.75, 3.05) is 0 Å². The predicted octanol–water partition coefficient (Wildman–Crippen LogP) is 2.56. The molecule has 0 aliphatic rings. The van der Waals surface area contributed by atoms with Gasteiger partial charge in [-0.25, -0.2) is 4.98 Å². The molecule has 0 radical (unpaired) electrons. The van der Waals surface area contributed by atoms with E-state index in [9.17, 15) is 0 Å². The summed E-state index contributed by atoms with van der Waals surface area (Å²) < 4.78 is 2.23. The van der Waals surface area contributed by atoms with Crippen LogP contribution in [0.5, 0.6) is 0 Å². The molecular formula is C15H19N3. The first kappa shape index (κ1) is 12.7. The zero-order valence-corrected chi connectivity index (χ0v) is 11.0. The molecule has 94 valence electrons. The number of imidazole rings is 1. The molecule has 18 heavy (non-hydrogen) atoms. The van der Waals surface area contributed by atoms with Crippen LogP contribution >= 0.6 is 0 Å². The monoisotopic (exact) mass is 241 g/mol. The van der Waals surface area contributed by atoms with Gasteiger partial charge in [0.2, 0.25) is 0 Å². The molecule has 3 nitrogen and oxygen atoms in total. The lowest BCUT2D eigenvalue weighted by molar-refractivity contribution is 0.559. The van der Waals surface area contributed by atoms with Crippen LogP contribution in [0.2, 0.25) is 0 Å². The summed E-state index contributed by atoms with van der Waals surface area (Å²) >= 11 is 0. The highest BCUT2D eigenvalue weighted by Crippen LogP contribution is 2.15. The van der Waals surface area contributed by atoms with E-state index < -0.39 is 0 Å². The van der Waals surface area contributed by atoms with Gasteiger partial charge in [-0.2, -0.15) is 0 Å². The van der Waals surface area contributed by atoms with Crippen molar-refractivity contribution in [1.29, 1.82) is 0 Å². The summed E-state index contributed by atoms with van der Waals surface area (Å²) in [4.78, 5) is 4.66.